The lowest BCUT2D eigenvalue weighted by atomic mass is 10.1. The monoisotopic (exact) mass is 237 g/mol. The highest BCUT2D eigenvalue weighted by Gasteiger charge is 2.16. The Labute approximate surface area is 102 Å². The van der Waals surface area contributed by atoms with Crippen LogP contribution in [0.2, 0.25) is 0 Å². The van der Waals surface area contributed by atoms with Crippen LogP contribution >= 0.6 is 0 Å². The Morgan fingerprint density at radius 1 is 1.53 bits per heavy atom. The van der Waals surface area contributed by atoms with Gasteiger partial charge in [-0.15, -0.1) is 0 Å². The number of carbonyl (C=O) groups excluding carboxylic acids is 1. The normalized spacial score (nSPS) is 12.2. The van der Waals surface area contributed by atoms with Crippen molar-refractivity contribution in [1.82, 2.24) is 4.90 Å². The van der Waals surface area contributed by atoms with Crippen molar-refractivity contribution >= 4 is 5.91 Å². The number of phenols is 1. The molecule has 1 N–H and O–H groups in total. The van der Waals surface area contributed by atoms with Crippen LogP contribution in [0, 0.1) is 6.92 Å². The topological polar surface area (TPSA) is 49.8 Å². The maximum absolute atomic E-state index is 12.1. The number of nitrogens with zero attached hydrogens (tertiary/aromatic N) is 1. The maximum Gasteiger partial charge on any atom is 0.253 e. The standard InChI is InChI=1S/C13H19NO3/c1-9-7-11(15)5-6-12(9)13(16)14(3)8-10(2)17-4/h5-7,10,15H,8H2,1-4H3. The number of hydrogen-bond acceptors (Lipinski definition) is 3. The number of hydrogen-bond donors (Lipinski definition) is 1. The van der Waals surface area contributed by atoms with Crippen molar-refractivity contribution in [3.63, 3.8) is 0 Å². The van der Waals surface area contributed by atoms with E-state index in [9.17, 15) is 9.90 Å². The third-order valence-corrected chi connectivity index (χ3v) is 2.72. The molecule has 4 heteroatoms. The Morgan fingerprint density at radius 2 is 2.18 bits per heavy atom. The lowest BCUT2D eigenvalue weighted by molar-refractivity contribution is 0.0599. The average molecular weight is 237 g/mol. The van der Waals surface area contributed by atoms with E-state index in [1.807, 2.05) is 6.92 Å². The molecule has 1 amide bonds. The summed E-state index contributed by atoms with van der Waals surface area (Å²) < 4.78 is 5.12. The van der Waals surface area contributed by atoms with Crippen molar-refractivity contribution in [3.8, 4) is 5.75 Å². The molecule has 0 heterocycles. The zero-order chi connectivity index (χ0) is 13.0. The maximum atomic E-state index is 12.1. The van der Waals surface area contributed by atoms with Crippen LogP contribution in [-0.2, 0) is 4.74 Å². The van der Waals surface area contributed by atoms with Gasteiger partial charge in [-0.3, -0.25) is 4.79 Å². The predicted molar refractivity (Wildman–Crippen MR) is 66.3 cm³/mol. The van der Waals surface area contributed by atoms with E-state index in [1.54, 1.807) is 38.1 Å². The highest BCUT2D eigenvalue weighted by Crippen LogP contribution is 2.17. The summed E-state index contributed by atoms with van der Waals surface area (Å²) in [4.78, 5) is 13.7. The smallest absolute Gasteiger partial charge is 0.253 e. The number of phenolic OH excluding ortho intramolecular Hbond substituents is 1. The van der Waals surface area contributed by atoms with Gasteiger partial charge in [0.1, 0.15) is 5.75 Å². The SMILES string of the molecule is COC(C)CN(C)C(=O)c1ccc(O)cc1C. The van der Waals surface area contributed by atoms with Gasteiger partial charge >= 0.3 is 0 Å². The van der Waals surface area contributed by atoms with Crippen LogP contribution in [0.15, 0.2) is 18.2 Å². The van der Waals surface area contributed by atoms with Crippen molar-refractivity contribution in [1.29, 1.82) is 0 Å². The van der Waals surface area contributed by atoms with Crippen LogP contribution in [0.25, 0.3) is 0 Å². The van der Waals surface area contributed by atoms with Gasteiger partial charge in [0, 0.05) is 26.3 Å². The fraction of sp³-hybridized carbons (Fsp3) is 0.462. The first kappa shape index (κ1) is 13.5. The predicted octanol–water partition coefficient (Wildman–Crippen LogP) is 1.81. The summed E-state index contributed by atoms with van der Waals surface area (Å²) in [7, 11) is 3.36. The Morgan fingerprint density at radius 3 is 2.71 bits per heavy atom. The number of benzene rings is 1. The Balaban J connectivity index is 2.81. The van der Waals surface area contributed by atoms with E-state index >= 15 is 0 Å². The van der Waals surface area contributed by atoms with E-state index in [0.717, 1.165) is 5.56 Å². The molecular formula is C13H19NO3. The van der Waals surface area contributed by atoms with Crippen LogP contribution in [0.3, 0.4) is 0 Å². The van der Waals surface area contributed by atoms with Gasteiger partial charge in [-0.05, 0) is 37.6 Å². The lowest BCUT2D eigenvalue weighted by Gasteiger charge is -2.21. The number of methoxy groups -OCH3 is 1. The van der Waals surface area contributed by atoms with Gasteiger partial charge < -0.3 is 14.7 Å². The highest BCUT2D eigenvalue weighted by atomic mass is 16.5. The van der Waals surface area contributed by atoms with E-state index < -0.39 is 0 Å². The fourth-order valence-electron chi connectivity index (χ4n) is 1.64. The second-order valence-electron chi connectivity index (χ2n) is 4.23. The summed E-state index contributed by atoms with van der Waals surface area (Å²) in [5.41, 5.74) is 1.38. The van der Waals surface area contributed by atoms with Crippen LogP contribution < -0.4 is 0 Å². The number of ether oxygens (including phenoxy) is 1. The van der Waals surface area contributed by atoms with Crippen molar-refractivity contribution in [2.45, 2.75) is 20.0 Å². The molecule has 1 atom stereocenters. The summed E-state index contributed by atoms with van der Waals surface area (Å²) in [6.45, 7) is 4.25. The molecule has 17 heavy (non-hydrogen) atoms. The third-order valence-electron chi connectivity index (χ3n) is 2.72. The lowest BCUT2D eigenvalue weighted by Crippen LogP contribution is -2.34. The molecule has 0 bridgehead atoms. The van der Waals surface area contributed by atoms with Gasteiger partial charge in [0.25, 0.3) is 5.91 Å². The first-order valence-electron chi connectivity index (χ1n) is 5.53. The van der Waals surface area contributed by atoms with E-state index in [0.29, 0.717) is 12.1 Å². The van der Waals surface area contributed by atoms with Gasteiger partial charge in [-0.1, -0.05) is 0 Å². The number of amides is 1. The summed E-state index contributed by atoms with van der Waals surface area (Å²) in [5.74, 6) is 0.110. The Bertz CT molecular complexity index is 404. The highest BCUT2D eigenvalue weighted by molar-refractivity contribution is 5.95. The molecule has 1 aromatic carbocycles. The number of carbonyl (C=O) groups is 1. The van der Waals surface area contributed by atoms with Crippen molar-refractivity contribution < 1.29 is 14.6 Å². The molecule has 1 aromatic rings. The molecule has 0 saturated carbocycles. The summed E-state index contributed by atoms with van der Waals surface area (Å²) in [6.07, 6.45) is 0.00127. The van der Waals surface area contributed by atoms with Gasteiger partial charge in [0.05, 0.1) is 6.10 Å². The third kappa shape index (κ3) is 3.46. The van der Waals surface area contributed by atoms with Crippen molar-refractivity contribution in [2.75, 3.05) is 20.7 Å². The van der Waals surface area contributed by atoms with Gasteiger partial charge in [0.2, 0.25) is 0 Å². The average Bonchev–Trinajstić information content (AvgIpc) is 2.28. The molecule has 0 aliphatic rings. The molecule has 0 spiro atoms. The first-order chi connectivity index (χ1) is 7.95. The molecule has 94 valence electrons. The van der Waals surface area contributed by atoms with Crippen molar-refractivity contribution in [2.24, 2.45) is 0 Å². The molecule has 4 nitrogen and oxygen atoms in total. The molecule has 1 rings (SSSR count). The summed E-state index contributed by atoms with van der Waals surface area (Å²) in [5, 5.41) is 9.30. The molecule has 0 aliphatic heterocycles. The molecule has 0 aliphatic carbocycles. The number of aromatic hydroxyl groups is 1. The minimum absolute atomic E-state index is 0.00127. The molecule has 0 fully saturated rings. The quantitative estimate of drug-likeness (QED) is 0.868. The zero-order valence-corrected chi connectivity index (χ0v) is 10.7. The fourth-order valence-corrected chi connectivity index (χ4v) is 1.64. The van der Waals surface area contributed by atoms with E-state index in [2.05, 4.69) is 0 Å². The van der Waals surface area contributed by atoms with Crippen LogP contribution in [-0.4, -0.2) is 42.7 Å². The Kier molecular flexibility index (Phi) is 4.52. The minimum atomic E-state index is -0.0635. The zero-order valence-electron chi connectivity index (χ0n) is 10.7. The molecule has 1 unspecified atom stereocenters. The second-order valence-corrected chi connectivity index (χ2v) is 4.23. The second kappa shape index (κ2) is 5.68. The van der Waals surface area contributed by atoms with E-state index in [1.165, 1.54) is 6.07 Å². The van der Waals surface area contributed by atoms with Gasteiger partial charge in [-0.2, -0.15) is 0 Å². The largest absolute Gasteiger partial charge is 0.508 e. The van der Waals surface area contributed by atoms with Crippen LogP contribution in [0.4, 0.5) is 0 Å². The van der Waals surface area contributed by atoms with Gasteiger partial charge in [-0.25, -0.2) is 0 Å². The van der Waals surface area contributed by atoms with Gasteiger partial charge in [0.15, 0.2) is 0 Å². The summed E-state index contributed by atoms with van der Waals surface area (Å²) in [6, 6.07) is 4.75. The van der Waals surface area contributed by atoms with Crippen LogP contribution in [0.5, 0.6) is 5.75 Å². The Hall–Kier alpha value is -1.55. The van der Waals surface area contributed by atoms with E-state index in [4.69, 9.17) is 4.74 Å². The van der Waals surface area contributed by atoms with Crippen LogP contribution in [0.1, 0.15) is 22.8 Å². The molecular weight excluding hydrogens is 218 g/mol. The minimum Gasteiger partial charge on any atom is -0.508 e. The molecule has 0 saturated heterocycles. The molecule has 0 radical (unpaired) electrons. The van der Waals surface area contributed by atoms with Crippen molar-refractivity contribution in [3.05, 3.63) is 29.3 Å². The number of rotatable bonds is 4. The van der Waals surface area contributed by atoms with E-state index in [-0.39, 0.29) is 17.8 Å². The molecule has 0 aromatic heterocycles. The number of aryl methyl sites for hydroxylation is 1. The first-order valence-corrected chi connectivity index (χ1v) is 5.53. The summed E-state index contributed by atoms with van der Waals surface area (Å²) >= 11 is 0. The number of likely N-dealkylation sites (N-methyl/N-ethyl adjacent to an activating group) is 1.